The van der Waals surface area contributed by atoms with Crippen molar-refractivity contribution in [3.8, 4) is 0 Å². The van der Waals surface area contributed by atoms with Gasteiger partial charge in [0, 0.05) is 30.8 Å². The Bertz CT molecular complexity index is 1930. The lowest BCUT2D eigenvalue weighted by Crippen LogP contribution is -2.52. The lowest BCUT2D eigenvalue weighted by atomic mass is 9.52. The summed E-state index contributed by atoms with van der Waals surface area (Å²) < 4.78 is 70.0. The van der Waals surface area contributed by atoms with Crippen LogP contribution in [0.4, 0.5) is 0 Å². The van der Waals surface area contributed by atoms with Crippen molar-refractivity contribution < 1.29 is 81.2 Å². The normalized spacial score (nSPS) is 41.2. The van der Waals surface area contributed by atoms with Crippen molar-refractivity contribution in [1.29, 1.82) is 0 Å². The summed E-state index contributed by atoms with van der Waals surface area (Å²) in [6, 6.07) is 0. The van der Waals surface area contributed by atoms with Crippen molar-refractivity contribution in [2.24, 2.45) is 52.8 Å². The van der Waals surface area contributed by atoms with Crippen molar-refractivity contribution in [3.05, 3.63) is 0 Å². The van der Waals surface area contributed by atoms with Crippen LogP contribution < -0.4 is 0 Å². The first-order valence-corrected chi connectivity index (χ1v) is 33.1. The third kappa shape index (κ3) is 13.6. The van der Waals surface area contributed by atoms with Crippen LogP contribution in [0, 0.1) is 52.8 Å². The standard InChI is InChI=1S/C48H84O17P4/c1-29-4-6-30(7-5-29)46(49)31-8-18-38(19-9-31)65-42-24-15-35(27-45(42)69(60,61)62)48(2,34-14-23-41(63-3)44(26-34)68(57,58)59)33-12-20-37(21-13-33)64-36-16-10-32(11-17-36)47(50)40-28-39(66(51,52)53)22-25-43(40)67(54,55)56/h29-45H,4-28H2,1-3H3,(H2,51,52,53)(H2,54,55,56)(H2,57,58,59)(H2,60,61,62). The van der Waals surface area contributed by atoms with E-state index in [2.05, 4.69) is 13.8 Å². The van der Waals surface area contributed by atoms with Gasteiger partial charge in [-0.15, -0.1) is 0 Å². The Balaban J connectivity index is 0.990. The molecule has 0 radical (unpaired) electrons. The molecule has 398 valence electrons. The number of hydrogen-bond acceptors (Lipinski definition) is 9. The van der Waals surface area contributed by atoms with Crippen LogP contribution in [-0.4, -0.2) is 111 Å². The molecule has 69 heavy (non-hydrogen) atoms. The molecule has 0 aromatic rings. The largest absolute Gasteiger partial charge is 0.380 e. The number of methoxy groups -OCH3 is 1. The van der Waals surface area contributed by atoms with Gasteiger partial charge in [0.25, 0.3) is 0 Å². The Kier molecular flexibility index (Phi) is 18.8. The molecule has 0 amide bonds. The molecular weight excluding hydrogens is 972 g/mol. The van der Waals surface area contributed by atoms with E-state index in [1.807, 2.05) is 0 Å². The van der Waals surface area contributed by atoms with Crippen LogP contribution in [0.2, 0.25) is 0 Å². The predicted molar refractivity (Wildman–Crippen MR) is 259 cm³/mol. The lowest BCUT2D eigenvalue weighted by Gasteiger charge is -2.56. The quantitative estimate of drug-likeness (QED) is 0.0671. The smallest absolute Gasteiger partial charge is 0.331 e. The molecule has 7 aliphatic rings. The Morgan fingerprint density at radius 2 is 0.841 bits per heavy atom. The zero-order valence-electron chi connectivity index (χ0n) is 41.0. The van der Waals surface area contributed by atoms with Crippen LogP contribution in [0.15, 0.2) is 0 Å². The molecule has 17 nitrogen and oxygen atoms in total. The molecule has 7 saturated carbocycles. The molecule has 0 bridgehead atoms. The molecular formula is C48H84O17P4. The van der Waals surface area contributed by atoms with Crippen molar-refractivity contribution in [2.75, 3.05) is 7.11 Å². The fourth-order valence-corrected chi connectivity index (χ4v) is 19.8. The second-order valence-electron chi connectivity index (χ2n) is 23.3. The minimum Gasteiger partial charge on any atom is -0.380 e. The Morgan fingerprint density at radius 3 is 1.30 bits per heavy atom. The minimum atomic E-state index is -4.69. The average molecular weight is 1060 g/mol. The van der Waals surface area contributed by atoms with Crippen LogP contribution in [-0.2, 0) is 42.1 Å². The Morgan fingerprint density at radius 1 is 0.435 bits per heavy atom. The SMILES string of the molecule is COC1CCC(C(C)(C2CCC(OC3CCC(C(=O)C4CC(P(=O)(O)O)CCC4P(=O)(O)O)CC3)CC2)C2CCC(OC3CCC(C(=O)C4CCC(C)CC4)CC3)C(P(=O)(O)O)C2)CC1P(=O)(O)O. The number of carbonyl (C=O) groups is 2. The van der Waals surface area contributed by atoms with E-state index in [4.69, 9.17) is 14.2 Å². The maximum absolute atomic E-state index is 13.8. The van der Waals surface area contributed by atoms with Crippen molar-refractivity contribution in [1.82, 2.24) is 0 Å². The maximum atomic E-state index is 13.8. The highest BCUT2D eigenvalue weighted by Crippen LogP contribution is 2.63. The van der Waals surface area contributed by atoms with Crippen LogP contribution in [0.1, 0.15) is 174 Å². The highest BCUT2D eigenvalue weighted by Gasteiger charge is 2.56. The van der Waals surface area contributed by atoms with Crippen LogP contribution in [0.25, 0.3) is 0 Å². The van der Waals surface area contributed by atoms with Crippen molar-refractivity contribution >= 4 is 41.9 Å². The summed E-state index contributed by atoms with van der Waals surface area (Å²) in [6.45, 7) is 4.45. The molecule has 0 saturated heterocycles. The molecule has 0 aromatic heterocycles. The van der Waals surface area contributed by atoms with E-state index >= 15 is 0 Å². The fourth-order valence-electron chi connectivity index (χ4n) is 15.1. The third-order valence-corrected chi connectivity index (χ3v) is 25.1. The van der Waals surface area contributed by atoms with Gasteiger partial charge in [0.2, 0.25) is 0 Å². The molecule has 0 aromatic carbocycles. The van der Waals surface area contributed by atoms with Crippen LogP contribution >= 0.6 is 30.4 Å². The van der Waals surface area contributed by atoms with Gasteiger partial charge < -0.3 is 53.4 Å². The minimum absolute atomic E-state index is 0.0170. The van der Waals surface area contributed by atoms with Gasteiger partial charge in [-0.1, -0.05) is 26.7 Å². The maximum Gasteiger partial charge on any atom is 0.331 e. The van der Waals surface area contributed by atoms with Gasteiger partial charge in [-0.3, -0.25) is 27.8 Å². The Labute approximate surface area is 409 Å². The molecule has 7 aliphatic carbocycles. The summed E-state index contributed by atoms with van der Waals surface area (Å²) in [5, 5.41) is 0. The van der Waals surface area contributed by atoms with Crippen LogP contribution in [0.3, 0.4) is 0 Å². The first-order valence-electron chi connectivity index (χ1n) is 26.4. The molecule has 21 heteroatoms. The van der Waals surface area contributed by atoms with Gasteiger partial charge in [0.05, 0.1) is 53.2 Å². The number of carbonyl (C=O) groups excluding carboxylic acids is 2. The van der Waals surface area contributed by atoms with E-state index in [1.165, 1.54) is 7.11 Å². The Hall–Kier alpha value is -0.180. The number of ketones is 2. The van der Waals surface area contributed by atoms with E-state index in [1.54, 1.807) is 0 Å². The third-order valence-electron chi connectivity index (χ3n) is 19.4. The first-order chi connectivity index (χ1) is 32.3. The molecule has 0 aliphatic heterocycles. The average Bonchev–Trinajstić information content (AvgIpc) is 3.30. The first kappa shape index (κ1) is 56.5. The van der Waals surface area contributed by atoms with Gasteiger partial charge in [-0.05, 0) is 177 Å². The fraction of sp³-hybridized carbons (Fsp3) is 0.958. The number of rotatable bonds is 16. The zero-order chi connectivity index (χ0) is 50.3. The van der Waals surface area contributed by atoms with Crippen LogP contribution in [0.5, 0.6) is 0 Å². The second kappa shape index (κ2) is 23.0. The van der Waals surface area contributed by atoms with Gasteiger partial charge in [0.15, 0.2) is 0 Å². The van der Waals surface area contributed by atoms with E-state index in [-0.39, 0.29) is 85.8 Å². The van der Waals surface area contributed by atoms with Gasteiger partial charge >= 0.3 is 30.4 Å². The summed E-state index contributed by atoms with van der Waals surface area (Å²) in [5.41, 5.74) is -4.90. The molecule has 10 unspecified atom stereocenters. The molecule has 10 atom stereocenters. The number of hydrogen-bond donors (Lipinski definition) is 8. The summed E-state index contributed by atoms with van der Waals surface area (Å²) in [5.74, 6) is -0.936. The lowest BCUT2D eigenvalue weighted by molar-refractivity contribution is -0.131. The number of ether oxygens (including phenoxy) is 3. The topological polar surface area (TPSA) is 292 Å². The summed E-state index contributed by atoms with van der Waals surface area (Å²) in [7, 11) is -17.0. The van der Waals surface area contributed by atoms with Gasteiger partial charge in [-0.25, -0.2) is 0 Å². The molecule has 0 heterocycles. The summed E-state index contributed by atoms with van der Waals surface area (Å²) in [6.07, 6.45) is 12.5. The molecule has 8 N–H and O–H groups in total. The van der Waals surface area contributed by atoms with Gasteiger partial charge in [-0.2, -0.15) is 0 Å². The molecule has 0 spiro atoms. The molecule has 7 fully saturated rings. The highest BCUT2D eigenvalue weighted by molar-refractivity contribution is 7.53. The second-order valence-corrected chi connectivity index (χ2v) is 30.7. The summed E-state index contributed by atoms with van der Waals surface area (Å²) in [4.78, 5) is 110. The van der Waals surface area contributed by atoms with E-state index in [9.17, 15) is 67.0 Å². The monoisotopic (exact) mass is 1060 g/mol. The predicted octanol–water partition coefficient (Wildman–Crippen LogP) is 8.64. The highest BCUT2D eigenvalue weighted by atomic mass is 31.2. The molecule has 7 rings (SSSR count). The van der Waals surface area contributed by atoms with E-state index in [0.29, 0.717) is 75.9 Å². The number of Topliss-reactive ketones (excluding diaryl/α,β-unsaturated/α-hetero) is 2. The van der Waals surface area contributed by atoms with Gasteiger partial charge in [0.1, 0.15) is 11.6 Å². The van der Waals surface area contributed by atoms with E-state index < -0.39 is 82.5 Å². The zero-order valence-corrected chi connectivity index (χ0v) is 44.6. The van der Waals surface area contributed by atoms with Crippen molar-refractivity contribution in [3.63, 3.8) is 0 Å². The van der Waals surface area contributed by atoms with Crippen molar-refractivity contribution in [2.45, 2.75) is 228 Å². The summed E-state index contributed by atoms with van der Waals surface area (Å²) >= 11 is 0. The van der Waals surface area contributed by atoms with E-state index in [0.717, 1.165) is 64.2 Å².